The van der Waals surface area contributed by atoms with Gasteiger partial charge in [0.2, 0.25) is 0 Å². The fourth-order valence-corrected chi connectivity index (χ4v) is 3.85. The van der Waals surface area contributed by atoms with Crippen LogP contribution in [0.4, 0.5) is 5.82 Å². The highest BCUT2D eigenvalue weighted by Crippen LogP contribution is 2.35. The Morgan fingerprint density at radius 3 is 2.47 bits per heavy atom. The number of hydrogen-bond donors (Lipinski definition) is 3. The first-order valence-electron chi connectivity index (χ1n) is 10.0. The van der Waals surface area contributed by atoms with Gasteiger partial charge in [0.1, 0.15) is 17.1 Å². The second kappa shape index (κ2) is 8.36. The van der Waals surface area contributed by atoms with E-state index in [0.29, 0.717) is 28.3 Å². The fourth-order valence-electron chi connectivity index (χ4n) is 3.85. The summed E-state index contributed by atoms with van der Waals surface area (Å²) in [4.78, 5) is 28.6. The number of anilines is 1. The first-order chi connectivity index (χ1) is 14.5. The van der Waals surface area contributed by atoms with Crippen molar-refractivity contribution in [1.29, 1.82) is 0 Å². The summed E-state index contributed by atoms with van der Waals surface area (Å²) in [5, 5.41) is 7.45. The van der Waals surface area contributed by atoms with Gasteiger partial charge in [-0.05, 0) is 37.1 Å². The van der Waals surface area contributed by atoms with Crippen molar-refractivity contribution in [2.24, 2.45) is 5.73 Å². The van der Waals surface area contributed by atoms with Crippen LogP contribution in [-0.4, -0.2) is 26.6 Å². The summed E-state index contributed by atoms with van der Waals surface area (Å²) in [6.07, 6.45) is 5.84. The van der Waals surface area contributed by atoms with Gasteiger partial charge in [0.25, 0.3) is 11.8 Å². The third kappa shape index (κ3) is 3.89. The highest BCUT2D eigenvalue weighted by atomic mass is 16.2. The Balaban J connectivity index is 1.53. The molecule has 1 aromatic carbocycles. The van der Waals surface area contributed by atoms with Crippen molar-refractivity contribution in [2.45, 2.75) is 38.3 Å². The molecule has 1 saturated carbocycles. The molecule has 0 bridgehead atoms. The molecule has 0 unspecified atom stereocenters. The number of rotatable bonds is 6. The number of carbonyl (C=O) groups is 2. The Labute approximate surface area is 174 Å². The predicted octanol–water partition coefficient (Wildman–Crippen LogP) is 2.67. The standard InChI is InChI=1S/C22H24N6O2/c23-20-18(21(24)29)19(27-28(20)17-8-4-5-9-17)15-10-11-16(25-12-15)13-26-22(30)14-6-2-1-3-7-14/h1-3,6-7,10-12,17H,4-5,8-9,13,23H2,(H2,24,29)(H,26,30). The van der Waals surface area contributed by atoms with Crippen molar-refractivity contribution in [1.82, 2.24) is 20.1 Å². The van der Waals surface area contributed by atoms with Crippen LogP contribution in [0.2, 0.25) is 0 Å². The molecular weight excluding hydrogens is 380 g/mol. The number of nitrogens with zero attached hydrogens (tertiary/aromatic N) is 3. The van der Waals surface area contributed by atoms with Crippen molar-refractivity contribution in [3.8, 4) is 11.3 Å². The second-order valence-corrected chi connectivity index (χ2v) is 7.44. The van der Waals surface area contributed by atoms with Gasteiger partial charge in [0, 0.05) is 17.3 Å². The maximum atomic E-state index is 12.2. The minimum absolute atomic E-state index is 0.166. The minimum atomic E-state index is -0.606. The Kier molecular flexibility index (Phi) is 5.47. The number of hydrogen-bond acceptors (Lipinski definition) is 5. The van der Waals surface area contributed by atoms with Gasteiger partial charge in [-0.1, -0.05) is 31.0 Å². The first kappa shape index (κ1) is 19.6. The zero-order valence-electron chi connectivity index (χ0n) is 16.5. The highest BCUT2D eigenvalue weighted by molar-refractivity contribution is 6.03. The Morgan fingerprint density at radius 2 is 1.83 bits per heavy atom. The van der Waals surface area contributed by atoms with Crippen molar-refractivity contribution < 1.29 is 9.59 Å². The van der Waals surface area contributed by atoms with E-state index in [1.54, 1.807) is 29.1 Å². The quantitative estimate of drug-likeness (QED) is 0.582. The van der Waals surface area contributed by atoms with Gasteiger partial charge in [-0.3, -0.25) is 14.6 Å². The molecule has 0 saturated heterocycles. The number of pyridine rings is 1. The van der Waals surface area contributed by atoms with E-state index < -0.39 is 5.91 Å². The zero-order chi connectivity index (χ0) is 21.1. The van der Waals surface area contributed by atoms with Gasteiger partial charge >= 0.3 is 0 Å². The monoisotopic (exact) mass is 404 g/mol. The fraction of sp³-hybridized carbons (Fsp3) is 0.273. The van der Waals surface area contributed by atoms with Crippen LogP contribution in [0.1, 0.15) is 58.1 Å². The lowest BCUT2D eigenvalue weighted by atomic mass is 10.1. The van der Waals surface area contributed by atoms with E-state index in [4.69, 9.17) is 11.5 Å². The van der Waals surface area contributed by atoms with Crippen LogP contribution < -0.4 is 16.8 Å². The van der Waals surface area contributed by atoms with Crippen LogP contribution in [0.5, 0.6) is 0 Å². The third-order valence-corrected chi connectivity index (χ3v) is 5.43. The van der Waals surface area contributed by atoms with E-state index in [2.05, 4.69) is 15.4 Å². The molecule has 2 heterocycles. The molecule has 154 valence electrons. The van der Waals surface area contributed by atoms with Crippen molar-refractivity contribution in [3.63, 3.8) is 0 Å². The number of benzene rings is 1. The average molecular weight is 404 g/mol. The minimum Gasteiger partial charge on any atom is -0.383 e. The number of primary amides is 1. The first-order valence-corrected chi connectivity index (χ1v) is 10.0. The molecule has 2 amide bonds. The number of carbonyl (C=O) groups excluding carboxylic acids is 2. The lowest BCUT2D eigenvalue weighted by Crippen LogP contribution is -2.23. The molecule has 1 aliphatic carbocycles. The maximum Gasteiger partial charge on any atom is 0.254 e. The molecule has 3 aromatic rings. The molecule has 4 rings (SSSR count). The highest BCUT2D eigenvalue weighted by Gasteiger charge is 2.27. The molecule has 8 heteroatoms. The SMILES string of the molecule is NC(=O)c1c(-c2ccc(CNC(=O)c3ccccc3)nc2)nn(C2CCCC2)c1N. The van der Waals surface area contributed by atoms with Gasteiger partial charge in [0.05, 0.1) is 18.3 Å². The molecule has 5 N–H and O–H groups in total. The van der Waals surface area contributed by atoms with Crippen LogP contribution in [0.3, 0.4) is 0 Å². The molecule has 0 atom stereocenters. The van der Waals surface area contributed by atoms with Gasteiger partial charge in [-0.2, -0.15) is 5.10 Å². The number of nitrogens with one attached hydrogen (secondary N) is 1. The van der Waals surface area contributed by atoms with E-state index in [-0.39, 0.29) is 24.1 Å². The van der Waals surface area contributed by atoms with Crippen LogP contribution in [-0.2, 0) is 6.54 Å². The van der Waals surface area contributed by atoms with Crippen molar-refractivity contribution >= 4 is 17.6 Å². The van der Waals surface area contributed by atoms with Crippen LogP contribution >= 0.6 is 0 Å². The topological polar surface area (TPSA) is 129 Å². The van der Waals surface area contributed by atoms with E-state index in [9.17, 15) is 9.59 Å². The van der Waals surface area contributed by atoms with Crippen LogP contribution in [0, 0.1) is 0 Å². The maximum absolute atomic E-state index is 12.2. The molecule has 0 aliphatic heterocycles. The molecule has 2 aromatic heterocycles. The van der Waals surface area contributed by atoms with E-state index in [1.165, 1.54) is 0 Å². The molecule has 1 aliphatic rings. The van der Waals surface area contributed by atoms with Crippen LogP contribution in [0.25, 0.3) is 11.3 Å². The summed E-state index contributed by atoms with van der Waals surface area (Å²) in [6.45, 7) is 0.287. The van der Waals surface area contributed by atoms with Crippen LogP contribution in [0.15, 0.2) is 48.7 Å². The van der Waals surface area contributed by atoms with Crippen molar-refractivity contribution in [2.75, 3.05) is 5.73 Å². The van der Waals surface area contributed by atoms with Crippen molar-refractivity contribution in [3.05, 3.63) is 65.5 Å². The molecule has 30 heavy (non-hydrogen) atoms. The summed E-state index contributed by atoms with van der Waals surface area (Å²) in [7, 11) is 0. The largest absolute Gasteiger partial charge is 0.383 e. The molecule has 0 radical (unpaired) electrons. The zero-order valence-corrected chi connectivity index (χ0v) is 16.5. The summed E-state index contributed by atoms with van der Waals surface area (Å²) >= 11 is 0. The average Bonchev–Trinajstić information content (AvgIpc) is 3.41. The van der Waals surface area contributed by atoms with Gasteiger partial charge in [-0.15, -0.1) is 0 Å². The number of amides is 2. The summed E-state index contributed by atoms with van der Waals surface area (Å²) in [6, 6.07) is 12.8. The lowest BCUT2D eigenvalue weighted by molar-refractivity contribution is 0.0949. The van der Waals surface area contributed by atoms with E-state index in [0.717, 1.165) is 25.7 Å². The molecular formula is C22H24N6O2. The second-order valence-electron chi connectivity index (χ2n) is 7.44. The molecule has 1 fully saturated rings. The number of nitrogens with two attached hydrogens (primary N) is 2. The van der Waals surface area contributed by atoms with Gasteiger partial charge in [-0.25, -0.2) is 4.68 Å². The lowest BCUT2D eigenvalue weighted by Gasteiger charge is -2.11. The predicted molar refractivity (Wildman–Crippen MR) is 114 cm³/mol. The Hall–Kier alpha value is -3.68. The van der Waals surface area contributed by atoms with Gasteiger partial charge in [0.15, 0.2) is 0 Å². The number of nitrogen functional groups attached to an aromatic ring is 1. The molecule has 0 spiro atoms. The Bertz CT molecular complexity index is 1050. The summed E-state index contributed by atoms with van der Waals surface area (Å²) in [5.74, 6) is -0.463. The number of aromatic nitrogens is 3. The molecule has 8 nitrogen and oxygen atoms in total. The third-order valence-electron chi connectivity index (χ3n) is 5.43. The van der Waals surface area contributed by atoms with E-state index in [1.807, 2.05) is 24.3 Å². The Morgan fingerprint density at radius 1 is 1.10 bits per heavy atom. The summed E-state index contributed by atoms with van der Waals surface area (Å²) in [5.41, 5.74) is 14.4. The summed E-state index contributed by atoms with van der Waals surface area (Å²) < 4.78 is 1.73. The van der Waals surface area contributed by atoms with E-state index >= 15 is 0 Å². The van der Waals surface area contributed by atoms with Gasteiger partial charge < -0.3 is 16.8 Å². The normalized spacial score (nSPS) is 14.0. The smallest absolute Gasteiger partial charge is 0.254 e.